The minimum atomic E-state index is -0.152. The Kier molecular flexibility index (Phi) is 2.81. The van der Waals surface area contributed by atoms with E-state index in [1.54, 1.807) is 6.07 Å². The van der Waals surface area contributed by atoms with Gasteiger partial charge in [0.15, 0.2) is 5.65 Å². The Morgan fingerprint density at radius 1 is 1.35 bits per heavy atom. The number of aromatic nitrogens is 5. The monoisotopic (exact) mass is 275 g/mol. The van der Waals surface area contributed by atoms with Crippen LogP contribution in [0.1, 0.15) is 27.2 Å². The predicted octanol–water partition coefficient (Wildman–Crippen LogP) is 0.331. The van der Waals surface area contributed by atoms with Gasteiger partial charge in [-0.25, -0.2) is 0 Å². The highest BCUT2D eigenvalue weighted by molar-refractivity contribution is 5.80. The third kappa shape index (κ3) is 2.28. The van der Waals surface area contributed by atoms with E-state index in [4.69, 9.17) is 0 Å². The molecule has 2 aromatic heterocycles. The molecule has 1 N–H and O–H groups in total. The lowest BCUT2D eigenvalue weighted by Gasteiger charge is -2.32. The molecule has 1 atom stereocenters. The summed E-state index contributed by atoms with van der Waals surface area (Å²) in [5.41, 5.74) is 0.440. The molecule has 1 amide bonds. The number of carbonyl (C=O) groups excluding carboxylic acids is 1. The molecule has 0 bridgehead atoms. The number of tetrazole rings is 1. The number of hydrogen-bond donors (Lipinski definition) is 1. The van der Waals surface area contributed by atoms with Crippen LogP contribution in [0.15, 0.2) is 12.1 Å². The fourth-order valence-electron chi connectivity index (χ4n) is 2.39. The number of likely N-dealkylation sites (tertiary alicyclic amines) is 1. The predicted molar refractivity (Wildman–Crippen MR) is 72.1 cm³/mol. The van der Waals surface area contributed by atoms with E-state index in [2.05, 4.69) is 25.9 Å². The number of fused-ring (bicyclic) bond motifs is 1. The Morgan fingerprint density at radius 2 is 2.15 bits per heavy atom. The molecule has 0 aromatic carbocycles. The minimum absolute atomic E-state index is 0.0585. The van der Waals surface area contributed by atoms with Crippen LogP contribution in [0, 0.1) is 0 Å². The van der Waals surface area contributed by atoms with Crippen LogP contribution < -0.4 is 5.32 Å². The molecule has 0 aliphatic carbocycles. The lowest BCUT2D eigenvalue weighted by molar-refractivity contribution is -0.131. The van der Waals surface area contributed by atoms with Crippen molar-refractivity contribution in [3.63, 3.8) is 0 Å². The summed E-state index contributed by atoms with van der Waals surface area (Å²) in [6.07, 6.45) is 0.479. The molecule has 1 aliphatic heterocycles. The Balaban J connectivity index is 1.74. The summed E-state index contributed by atoms with van der Waals surface area (Å²) in [7, 11) is 0. The molecule has 0 radical (unpaired) electrons. The van der Waals surface area contributed by atoms with Crippen LogP contribution in [0.2, 0.25) is 0 Å². The van der Waals surface area contributed by atoms with E-state index in [0.717, 1.165) is 0 Å². The molecular formula is C12H17N7O. The molecule has 3 rings (SSSR count). The van der Waals surface area contributed by atoms with Crippen LogP contribution in [-0.4, -0.2) is 54.2 Å². The summed E-state index contributed by atoms with van der Waals surface area (Å²) < 4.78 is 1.36. The number of rotatable bonds is 2. The first-order valence-electron chi connectivity index (χ1n) is 6.56. The normalized spacial score (nSPS) is 19.9. The van der Waals surface area contributed by atoms with Gasteiger partial charge in [-0.2, -0.15) is 0 Å². The van der Waals surface area contributed by atoms with Gasteiger partial charge in [-0.3, -0.25) is 4.79 Å². The van der Waals surface area contributed by atoms with Gasteiger partial charge in [0.1, 0.15) is 5.82 Å². The summed E-state index contributed by atoms with van der Waals surface area (Å²) in [5.74, 6) is 0.830. The maximum Gasteiger partial charge on any atom is 0.225 e. The topological polar surface area (TPSA) is 88.3 Å². The van der Waals surface area contributed by atoms with Crippen LogP contribution in [0.5, 0.6) is 0 Å². The highest BCUT2D eigenvalue weighted by Crippen LogP contribution is 2.23. The van der Waals surface area contributed by atoms with Crippen molar-refractivity contribution in [2.75, 3.05) is 11.9 Å². The minimum Gasteiger partial charge on any atom is -0.364 e. The highest BCUT2D eigenvalue weighted by Gasteiger charge is 2.36. The first-order chi connectivity index (χ1) is 9.43. The van der Waals surface area contributed by atoms with E-state index < -0.39 is 0 Å². The van der Waals surface area contributed by atoms with E-state index in [0.29, 0.717) is 24.4 Å². The van der Waals surface area contributed by atoms with Crippen molar-refractivity contribution >= 4 is 17.4 Å². The number of hydrogen-bond acceptors (Lipinski definition) is 6. The molecule has 3 heterocycles. The Hall–Kier alpha value is -2.25. The first-order valence-corrected chi connectivity index (χ1v) is 6.56. The fraction of sp³-hybridized carbons (Fsp3) is 0.583. The summed E-state index contributed by atoms with van der Waals surface area (Å²) in [5, 5.41) is 18.6. The van der Waals surface area contributed by atoms with Gasteiger partial charge < -0.3 is 10.2 Å². The van der Waals surface area contributed by atoms with Crippen molar-refractivity contribution in [3.8, 4) is 0 Å². The van der Waals surface area contributed by atoms with Gasteiger partial charge >= 0.3 is 0 Å². The molecule has 20 heavy (non-hydrogen) atoms. The molecule has 0 spiro atoms. The zero-order chi connectivity index (χ0) is 14.3. The highest BCUT2D eigenvalue weighted by atomic mass is 16.2. The molecule has 8 nitrogen and oxygen atoms in total. The summed E-state index contributed by atoms with van der Waals surface area (Å²) >= 11 is 0. The average Bonchev–Trinajstić information content (AvgIpc) is 2.94. The molecule has 1 aliphatic rings. The Labute approximate surface area is 116 Å². The maximum absolute atomic E-state index is 12.0. The van der Waals surface area contributed by atoms with Gasteiger partial charge in [0.25, 0.3) is 0 Å². The smallest absolute Gasteiger partial charge is 0.225 e. The van der Waals surface area contributed by atoms with E-state index in [-0.39, 0.29) is 17.5 Å². The van der Waals surface area contributed by atoms with Gasteiger partial charge in [0.2, 0.25) is 5.91 Å². The second-order valence-electron chi connectivity index (χ2n) is 5.97. The zero-order valence-corrected chi connectivity index (χ0v) is 11.7. The SMILES string of the molecule is CC(C)(C)N1C[C@@H](Nc2ccc3nnnn3n2)CC1=O. The van der Waals surface area contributed by atoms with Crippen LogP contribution in [0.4, 0.5) is 5.82 Å². The molecular weight excluding hydrogens is 258 g/mol. The van der Waals surface area contributed by atoms with Crippen molar-refractivity contribution in [1.82, 2.24) is 30.2 Å². The molecule has 0 unspecified atom stereocenters. The third-order valence-corrected chi connectivity index (χ3v) is 3.36. The third-order valence-electron chi connectivity index (χ3n) is 3.36. The standard InChI is InChI=1S/C12H17N7O/c1-12(2,3)18-7-8(6-11(18)20)13-9-4-5-10-14-16-17-19(10)15-9/h4-5,8H,6-7H2,1-3H3,(H,13,15)/t8-/m0/s1. The molecule has 8 heteroatoms. The van der Waals surface area contributed by atoms with Crippen LogP contribution in [0.3, 0.4) is 0 Å². The van der Waals surface area contributed by atoms with E-state index >= 15 is 0 Å². The van der Waals surface area contributed by atoms with Gasteiger partial charge in [0.05, 0.1) is 6.04 Å². The molecule has 1 fully saturated rings. The number of nitrogens with one attached hydrogen (secondary N) is 1. The number of nitrogens with zero attached hydrogens (tertiary/aromatic N) is 6. The summed E-state index contributed by atoms with van der Waals surface area (Å²) in [4.78, 5) is 13.9. The van der Waals surface area contributed by atoms with E-state index in [1.165, 1.54) is 4.63 Å². The zero-order valence-electron chi connectivity index (χ0n) is 11.7. The van der Waals surface area contributed by atoms with Crippen LogP contribution >= 0.6 is 0 Å². The molecule has 106 valence electrons. The van der Waals surface area contributed by atoms with Crippen LogP contribution in [0.25, 0.3) is 5.65 Å². The lowest BCUT2D eigenvalue weighted by Crippen LogP contribution is -2.43. The fourth-order valence-corrected chi connectivity index (χ4v) is 2.39. The number of anilines is 1. The maximum atomic E-state index is 12.0. The van der Waals surface area contributed by atoms with E-state index in [1.807, 2.05) is 31.7 Å². The van der Waals surface area contributed by atoms with Crippen LogP contribution in [-0.2, 0) is 4.79 Å². The Morgan fingerprint density at radius 3 is 2.85 bits per heavy atom. The van der Waals surface area contributed by atoms with Crippen molar-refractivity contribution in [1.29, 1.82) is 0 Å². The van der Waals surface area contributed by atoms with Gasteiger partial charge in [-0.1, -0.05) is 0 Å². The molecule has 0 saturated carbocycles. The second-order valence-corrected chi connectivity index (χ2v) is 5.97. The summed E-state index contributed by atoms with van der Waals surface area (Å²) in [6, 6.07) is 3.66. The number of amides is 1. The number of carbonyl (C=O) groups is 1. The summed E-state index contributed by atoms with van der Waals surface area (Å²) in [6.45, 7) is 6.80. The van der Waals surface area contributed by atoms with Crippen molar-refractivity contribution in [2.45, 2.75) is 38.8 Å². The van der Waals surface area contributed by atoms with Crippen molar-refractivity contribution < 1.29 is 4.79 Å². The Bertz CT molecular complexity index is 645. The average molecular weight is 275 g/mol. The molecule has 2 aromatic rings. The first kappa shape index (κ1) is 12.8. The van der Waals surface area contributed by atoms with Gasteiger partial charge in [0, 0.05) is 18.5 Å². The van der Waals surface area contributed by atoms with Crippen molar-refractivity contribution in [2.24, 2.45) is 0 Å². The van der Waals surface area contributed by atoms with Gasteiger partial charge in [-0.15, -0.1) is 14.8 Å². The quantitative estimate of drug-likeness (QED) is 0.849. The van der Waals surface area contributed by atoms with Gasteiger partial charge in [-0.05, 0) is 43.3 Å². The van der Waals surface area contributed by atoms with Crippen molar-refractivity contribution in [3.05, 3.63) is 12.1 Å². The molecule has 1 saturated heterocycles. The lowest BCUT2D eigenvalue weighted by atomic mass is 10.1. The second kappa shape index (κ2) is 4.39. The van der Waals surface area contributed by atoms with E-state index in [9.17, 15) is 4.79 Å². The largest absolute Gasteiger partial charge is 0.364 e.